The third-order valence-electron chi connectivity index (χ3n) is 4.26. The van der Waals surface area contributed by atoms with Gasteiger partial charge in [0.2, 0.25) is 0 Å². The van der Waals surface area contributed by atoms with E-state index >= 15 is 0 Å². The summed E-state index contributed by atoms with van der Waals surface area (Å²) in [4.78, 5) is 0. The highest BCUT2D eigenvalue weighted by Gasteiger charge is 2.16. The Kier molecular flexibility index (Phi) is 2.25. The molecule has 1 aliphatic rings. The van der Waals surface area contributed by atoms with Crippen molar-refractivity contribution >= 4 is 31.5 Å². The molecule has 0 N–H and O–H groups in total. The fourth-order valence-corrected chi connectivity index (χ4v) is 4.52. The Bertz CT molecular complexity index is 749. The van der Waals surface area contributed by atoms with Gasteiger partial charge in [-0.05, 0) is 61.4 Å². The Labute approximate surface area is 111 Å². The topological polar surface area (TPSA) is 0 Å². The lowest BCUT2D eigenvalue weighted by atomic mass is 9.87. The molecule has 1 aromatic heterocycles. The second-order valence-corrected chi connectivity index (χ2v) is 6.37. The number of fused-ring (bicyclic) bond motifs is 4. The van der Waals surface area contributed by atoms with Gasteiger partial charge in [0.25, 0.3) is 0 Å². The average molecular weight is 252 g/mol. The van der Waals surface area contributed by atoms with Crippen molar-refractivity contribution in [3.8, 4) is 0 Å². The summed E-state index contributed by atoms with van der Waals surface area (Å²) >= 11 is 1.96. The van der Waals surface area contributed by atoms with Crippen LogP contribution >= 0.6 is 11.3 Å². The maximum atomic E-state index is 2.47. The smallest absolute Gasteiger partial charge is 0.0387 e. The van der Waals surface area contributed by atoms with E-state index in [0.717, 1.165) is 0 Å². The third-order valence-corrected chi connectivity index (χ3v) is 5.56. The predicted molar refractivity (Wildman–Crippen MR) is 80.7 cm³/mol. The molecule has 1 heterocycles. The molecule has 0 saturated carbocycles. The molecule has 1 heteroatoms. The Morgan fingerprint density at radius 2 is 1.83 bits per heavy atom. The van der Waals surface area contributed by atoms with Gasteiger partial charge in [0, 0.05) is 20.2 Å². The molecule has 2 aromatic carbocycles. The molecule has 0 spiro atoms. The summed E-state index contributed by atoms with van der Waals surface area (Å²) < 4.78 is 2.94. The van der Waals surface area contributed by atoms with Gasteiger partial charge in [-0.15, -0.1) is 11.3 Å². The minimum absolute atomic E-state index is 1.27. The Balaban J connectivity index is 2.17. The summed E-state index contributed by atoms with van der Waals surface area (Å²) in [6.45, 7) is 2.32. The van der Waals surface area contributed by atoms with Crippen molar-refractivity contribution in [2.75, 3.05) is 0 Å². The molecule has 0 bridgehead atoms. The molecule has 0 atom stereocenters. The zero-order valence-electron chi connectivity index (χ0n) is 10.6. The van der Waals surface area contributed by atoms with Crippen molar-refractivity contribution in [3.05, 3.63) is 47.0 Å². The fourth-order valence-electron chi connectivity index (χ4n) is 3.31. The van der Waals surface area contributed by atoms with Crippen LogP contribution in [-0.2, 0) is 12.8 Å². The first-order chi connectivity index (χ1) is 8.84. The second kappa shape index (κ2) is 3.83. The standard InChI is InChI=1S/C17H16S/c1-11-13-7-3-2-6-12(13)10-15-14-8-4-5-9-16(14)18-17(11)15/h4-5,8-10H,2-3,6-7H2,1H3. The molecule has 0 unspecified atom stereocenters. The number of thiophene rings is 1. The van der Waals surface area contributed by atoms with E-state index in [9.17, 15) is 0 Å². The van der Waals surface area contributed by atoms with Gasteiger partial charge in [0.05, 0.1) is 0 Å². The fraction of sp³-hybridized carbons (Fsp3) is 0.294. The van der Waals surface area contributed by atoms with Gasteiger partial charge in [-0.1, -0.05) is 18.2 Å². The molecule has 3 aromatic rings. The number of aryl methyl sites for hydroxylation is 2. The van der Waals surface area contributed by atoms with Crippen LogP contribution in [0.5, 0.6) is 0 Å². The highest BCUT2D eigenvalue weighted by atomic mass is 32.1. The Morgan fingerprint density at radius 1 is 1.00 bits per heavy atom. The van der Waals surface area contributed by atoms with Crippen molar-refractivity contribution < 1.29 is 0 Å². The summed E-state index contributed by atoms with van der Waals surface area (Å²) in [5, 5.41) is 2.92. The molecule has 0 amide bonds. The average Bonchev–Trinajstić information content (AvgIpc) is 2.79. The lowest BCUT2D eigenvalue weighted by Crippen LogP contribution is -2.04. The second-order valence-electron chi connectivity index (χ2n) is 5.32. The molecule has 0 aliphatic heterocycles. The van der Waals surface area contributed by atoms with Crippen molar-refractivity contribution in [1.82, 2.24) is 0 Å². The summed E-state index contributed by atoms with van der Waals surface area (Å²) in [6.07, 6.45) is 5.28. The van der Waals surface area contributed by atoms with Crippen molar-refractivity contribution in [3.63, 3.8) is 0 Å². The monoisotopic (exact) mass is 252 g/mol. The maximum Gasteiger partial charge on any atom is 0.0387 e. The zero-order chi connectivity index (χ0) is 12.1. The normalized spacial score (nSPS) is 15.2. The van der Waals surface area contributed by atoms with Gasteiger partial charge in [-0.2, -0.15) is 0 Å². The van der Waals surface area contributed by atoms with Crippen LogP contribution in [0.15, 0.2) is 30.3 Å². The summed E-state index contributed by atoms with van der Waals surface area (Å²) in [5.74, 6) is 0. The van der Waals surface area contributed by atoms with E-state index in [-0.39, 0.29) is 0 Å². The molecule has 0 nitrogen and oxygen atoms in total. The van der Waals surface area contributed by atoms with E-state index in [2.05, 4.69) is 37.3 Å². The summed E-state index contributed by atoms with van der Waals surface area (Å²) in [5.41, 5.74) is 4.79. The van der Waals surface area contributed by atoms with Crippen LogP contribution in [0.25, 0.3) is 20.2 Å². The van der Waals surface area contributed by atoms with Gasteiger partial charge in [-0.25, -0.2) is 0 Å². The maximum absolute atomic E-state index is 2.47. The number of hydrogen-bond acceptors (Lipinski definition) is 1. The first-order valence-electron chi connectivity index (χ1n) is 6.77. The molecule has 0 radical (unpaired) electrons. The number of benzene rings is 2. The van der Waals surface area contributed by atoms with Crippen LogP contribution in [-0.4, -0.2) is 0 Å². The predicted octanol–water partition coefficient (Wildman–Crippen LogP) is 5.24. The van der Waals surface area contributed by atoms with Crippen molar-refractivity contribution in [1.29, 1.82) is 0 Å². The molecule has 1 aliphatic carbocycles. The quantitative estimate of drug-likeness (QED) is 0.513. The largest absolute Gasteiger partial charge is 0.135 e. The van der Waals surface area contributed by atoms with Crippen LogP contribution < -0.4 is 0 Å². The number of hydrogen-bond donors (Lipinski definition) is 0. The molecule has 0 saturated heterocycles. The SMILES string of the molecule is Cc1c2c(cc3c1sc1ccccc13)CCCC2. The minimum atomic E-state index is 1.27. The lowest BCUT2D eigenvalue weighted by Gasteiger charge is -2.18. The molecule has 90 valence electrons. The van der Waals surface area contributed by atoms with Crippen LogP contribution in [0.2, 0.25) is 0 Å². The summed E-state index contributed by atoms with van der Waals surface area (Å²) in [6, 6.07) is 11.3. The Morgan fingerprint density at radius 3 is 2.78 bits per heavy atom. The first kappa shape index (κ1) is 10.6. The van der Waals surface area contributed by atoms with Gasteiger partial charge in [0.1, 0.15) is 0 Å². The minimum Gasteiger partial charge on any atom is -0.135 e. The van der Waals surface area contributed by atoms with Crippen molar-refractivity contribution in [2.24, 2.45) is 0 Å². The van der Waals surface area contributed by atoms with E-state index in [1.165, 1.54) is 45.9 Å². The van der Waals surface area contributed by atoms with Crippen LogP contribution in [0, 0.1) is 6.92 Å². The number of rotatable bonds is 0. The van der Waals surface area contributed by atoms with Gasteiger partial charge >= 0.3 is 0 Å². The molecular formula is C17H16S. The highest BCUT2D eigenvalue weighted by molar-refractivity contribution is 7.26. The van der Waals surface area contributed by atoms with Gasteiger partial charge in [0.15, 0.2) is 0 Å². The van der Waals surface area contributed by atoms with Crippen LogP contribution in [0.3, 0.4) is 0 Å². The molecule has 0 fully saturated rings. The van der Waals surface area contributed by atoms with E-state index in [4.69, 9.17) is 0 Å². The van der Waals surface area contributed by atoms with E-state index < -0.39 is 0 Å². The van der Waals surface area contributed by atoms with Crippen LogP contribution in [0.4, 0.5) is 0 Å². The van der Waals surface area contributed by atoms with E-state index in [0.29, 0.717) is 0 Å². The zero-order valence-corrected chi connectivity index (χ0v) is 11.4. The third kappa shape index (κ3) is 1.37. The lowest BCUT2D eigenvalue weighted by molar-refractivity contribution is 0.684. The Hall–Kier alpha value is -1.34. The van der Waals surface area contributed by atoms with Crippen LogP contribution in [0.1, 0.15) is 29.5 Å². The molecule has 4 rings (SSSR count). The van der Waals surface area contributed by atoms with Gasteiger partial charge in [-0.3, -0.25) is 0 Å². The van der Waals surface area contributed by atoms with Gasteiger partial charge < -0.3 is 0 Å². The van der Waals surface area contributed by atoms with E-state index in [1.807, 2.05) is 11.3 Å². The van der Waals surface area contributed by atoms with E-state index in [1.54, 1.807) is 16.7 Å². The first-order valence-corrected chi connectivity index (χ1v) is 7.59. The molecular weight excluding hydrogens is 236 g/mol. The van der Waals surface area contributed by atoms with Crippen molar-refractivity contribution in [2.45, 2.75) is 32.6 Å². The molecule has 18 heavy (non-hydrogen) atoms. The summed E-state index contributed by atoms with van der Waals surface area (Å²) in [7, 11) is 0. The highest BCUT2D eigenvalue weighted by Crippen LogP contribution is 2.39.